The Morgan fingerprint density at radius 3 is 2.47 bits per heavy atom. The van der Waals surface area contributed by atoms with E-state index < -0.39 is 12.0 Å². The minimum atomic E-state index is -0.625. The molecule has 3 atom stereocenters. The monoisotopic (exact) mass is 444 g/mol. The summed E-state index contributed by atoms with van der Waals surface area (Å²) in [5, 5.41) is 14.5. The SMILES string of the molecule is C=CCCCCC(=O)O[C@@H](CNC(=O)[C@H](CC=C)CC(=O)N[C@H](C)CO)c1ccccc1. The maximum Gasteiger partial charge on any atom is 0.306 e. The number of amides is 2. The quantitative estimate of drug-likeness (QED) is 0.206. The number of carbonyl (C=O) groups excluding carboxylic acids is 3. The van der Waals surface area contributed by atoms with Gasteiger partial charge in [-0.05, 0) is 38.2 Å². The summed E-state index contributed by atoms with van der Waals surface area (Å²) >= 11 is 0. The van der Waals surface area contributed by atoms with Crippen LogP contribution in [0.15, 0.2) is 55.6 Å². The van der Waals surface area contributed by atoms with Crippen molar-refractivity contribution in [2.45, 2.75) is 57.6 Å². The third-order valence-corrected chi connectivity index (χ3v) is 4.88. The van der Waals surface area contributed by atoms with Crippen LogP contribution in [-0.4, -0.2) is 42.1 Å². The number of carbonyl (C=O) groups is 3. The molecular formula is C25H36N2O5. The Hall–Kier alpha value is -2.93. The maximum absolute atomic E-state index is 12.8. The van der Waals surface area contributed by atoms with Crippen molar-refractivity contribution < 1.29 is 24.2 Å². The van der Waals surface area contributed by atoms with Gasteiger partial charge in [-0.1, -0.05) is 42.5 Å². The smallest absolute Gasteiger partial charge is 0.306 e. The number of esters is 1. The largest absolute Gasteiger partial charge is 0.456 e. The fourth-order valence-electron chi connectivity index (χ4n) is 3.10. The molecular weight excluding hydrogens is 408 g/mol. The van der Waals surface area contributed by atoms with E-state index in [9.17, 15) is 14.4 Å². The van der Waals surface area contributed by atoms with Crippen molar-refractivity contribution in [2.75, 3.05) is 13.2 Å². The molecule has 0 unspecified atom stereocenters. The summed E-state index contributed by atoms with van der Waals surface area (Å²) in [7, 11) is 0. The van der Waals surface area contributed by atoms with Crippen LogP contribution in [0.3, 0.4) is 0 Å². The van der Waals surface area contributed by atoms with Crippen molar-refractivity contribution in [3.63, 3.8) is 0 Å². The fourth-order valence-corrected chi connectivity index (χ4v) is 3.10. The van der Waals surface area contributed by atoms with Crippen LogP contribution >= 0.6 is 0 Å². The number of unbranched alkanes of at least 4 members (excludes halogenated alkanes) is 2. The van der Waals surface area contributed by atoms with E-state index >= 15 is 0 Å². The Bertz CT molecular complexity index is 735. The van der Waals surface area contributed by atoms with Crippen molar-refractivity contribution in [1.82, 2.24) is 10.6 Å². The number of aliphatic hydroxyl groups excluding tert-OH is 1. The predicted molar refractivity (Wildman–Crippen MR) is 125 cm³/mol. The second-order valence-corrected chi connectivity index (χ2v) is 7.75. The molecule has 0 fully saturated rings. The van der Waals surface area contributed by atoms with Crippen molar-refractivity contribution in [3.8, 4) is 0 Å². The first-order valence-corrected chi connectivity index (χ1v) is 11.0. The molecule has 32 heavy (non-hydrogen) atoms. The number of hydrogen-bond donors (Lipinski definition) is 3. The van der Waals surface area contributed by atoms with Crippen molar-refractivity contribution in [1.29, 1.82) is 0 Å². The van der Waals surface area contributed by atoms with Crippen LogP contribution in [0.4, 0.5) is 0 Å². The molecule has 0 saturated heterocycles. The van der Waals surface area contributed by atoms with Gasteiger partial charge >= 0.3 is 5.97 Å². The summed E-state index contributed by atoms with van der Waals surface area (Å²) in [4.78, 5) is 37.2. The van der Waals surface area contributed by atoms with E-state index in [1.807, 2.05) is 36.4 Å². The highest BCUT2D eigenvalue weighted by Gasteiger charge is 2.24. The second kappa shape index (κ2) is 15.8. The average Bonchev–Trinajstić information content (AvgIpc) is 2.79. The zero-order valence-electron chi connectivity index (χ0n) is 18.9. The predicted octanol–water partition coefficient (Wildman–Crippen LogP) is 3.21. The van der Waals surface area contributed by atoms with Gasteiger partial charge in [-0.15, -0.1) is 13.2 Å². The molecule has 0 aliphatic heterocycles. The lowest BCUT2D eigenvalue weighted by Gasteiger charge is -2.21. The molecule has 0 saturated carbocycles. The molecule has 0 aromatic heterocycles. The number of allylic oxidation sites excluding steroid dienone is 2. The second-order valence-electron chi connectivity index (χ2n) is 7.75. The maximum atomic E-state index is 12.8. The highest BCUT2D eigenvalue weighted by atomic mass is 16.5. The van der Waals surface area contributed by atoms with Crippen molar-refractivity contribution >= 4 is 17.8 Å². The Morgan fingerprint density at radius 2 is 1.84 bits per heavy atom. The lowest BCUT2D eigenvalue weighted by atomic mass is 9.99. The number of rotatable bonds is 16. The van der Waals surface area contributed by atoms with Gasteiger partial charge in [0.15, 0.2) is 0 Å². The summed E-state index contributed by atoms with van der Waals surface area (Å²) < 4.78 is 5.65. The number of nitrogens with one attached hydrogen (secondary N) is 2. The van der Waals surface area contributed by atoms with E-state index in [2.05, 4.69) is 23.8 Å². The first-order valence-electron chi connectivity index (χ1n) is 11.0. The summed E-state index contributed by atoms with van der Waals surface area (Å²) in [6, 6.07) is 8.84. The van der Waals surface area contributed by atoms with Crippen LogP contribution in [0.25, 0.3) is 0 Å². The molecule has 1 rings (SSSR count). The van der Waals surface area contributed by atoms with E-state index in [1.165, 1.54) is 0 Å². The Morgan fingerprint density at radius 1 is 1.12 bits per heavy atom. The summed E-state index contributed by atoms with van der Waals surface area (Å²) in [5.41, 5.74) is 0.780. The van der Waals surface area contributed by atoms with Gasteiger partial charge in [0.05, 0.1) is 19.1 Å². The van der Waals surface area contributed by atoms with Crippen molar-refractivity contribution in [3.05, 3.63) is 61.2 Å². The Labute approximate surface area is 190 Å². The van der Waals surface area contributed by atoms with E-state index in [1.54, 1.807) is 13.0 Å². The highest BCUT2D eigenvalue weighted by Crippen LogP contribution is 2.19. The van der Waals surface area contributed by atoms with E-state index in [0.717, 1.165) is 18.4 Å². The molecule has 0 radical (unpaired) electrons. The molecule has 1 aromatic rings. The molecule has 0 aliphatic rings. The van der Waals surface area contributed by atoms with E-state index in [-0.39, 0.29) is 43.4 Å². The van der Waals surface area contributed by atoms with E-state index in [4.69, 9.17) is 9.84 Å². The molecule has 0 heterocycles. The highest BCUT2D eigenvalue weighted by molar-refractivity contribution is 5.86. The summed E-state index contributed by atoms with van der Waals surface area (Å²) in [6.45, 7) is 8.93. The Kier molecular flexibility index (Phi) is 13.4. The van der Waals surface area contributed by atoms with Crippen LogP contribution in [0.1, 0.15) is 57.1 Å². The molecule has 0 spiro atoms. The van der Waals surface area contributed by atoms with Crippen molar-refractivity contribution in [2.24, 2.45) is 5.92 Å². The minimum absolute atomic E-state index is 0.0265. The minimum Gasteiger partial charge on any atom is -0.456 e. The van der Waals surface area contributed by atoms with Crippen LogP contribution < -0.4 is 10.6 Å². The standard InChI is InChI=1S/C25H36N2O5/c1-4-6-7-11-15-24(30)32-22(20-13-9-8-10-14-20)17-26-25(31)21(12-5-2)16-23(29)27-19(3)18-28/h4-5,8-10,13-14,19,21-22,28H,1-2,6-7,11-12,15-18H2,3H3,(H,26,31)(H,27,29)/t19-,21-,22+/m1/s1. The number of hydrogen-bond acceptors (Lipinski definition) is 5. The molecule has 0 aliphatic carbocycles. The topological polar surface area (TPSA) is 105 Å². The summed E-state index contributed by atoms with van der Waals surface area (Å²) in [5.74, 6) is -1.57. The molecule has 7 heteroatoms. The normalized spacial score (nSPS) is 13.3. The summed E-state index contributed by atoms with van der Waals surface area (Å²) in [6.07, 6.45) is 5.80. The first-order chi connectivity index (χ1) is 15.4. The van der Waals surface area contributed by atoms with Gasteiger partial charge in [0.25, 0.3) is 0 Å². The van der Waals surface area contributed by atoms with Gasteiger partial charge in [0, 0.05) is 18.9 Å². The molecule has 7 nitrogen and oxygen atoms in total. The van der Waals surface area contributed by atoms with Gasteiger partial charge in [0.2, 0.25) is 11.8 Å². The molecule has 2 amide bonds. The first kappa shape index (κ1) is 27.1. The van der Waals surface area contributed by atoms with Gasteiger partial charge in [-0.3, -0.25) is 14.4 Å². The zero-order chi connectivity index (χ0) is 23.8. The zero-order valence-corrected chi connectivity index (χ0v) is 18.9. The van der Waals surface area contributed by atoms with Crippen LogP contribution in [0, 0.1) is 5.92 Å². The molecule has 176 valence electrons. The lowest BCUT2D eigenvalue weighted by molar-refractivity contribution is -0.150. The molecule has 1 aromatic carbocycles. The Balaban J connectivity index is 2.73. The van der Waals surface area contributed by atoms with Crippen LogP contribution in [0.5, 0.6) is 0 Å². The van der Waals surface area contributed by atoms with Gasteiger partial charge < -0.3 is 20.5 Å². The van der Waals surface area contributed by atoms with E-state index in [0.29, 0.717) is 19.3 Å². The number of benzene rings is 1. The third-order valence-electron chi connectivity index (χ3n) is 4.88. The van der Waals surface area contributed by atoms with Gasteiger partial charge in [-0.25, -0.2) is 0 Å². The fraction of sp³-hybridized carbons (Fsp3) is 0.480. The van der Waals surface area contributed by atoms with Gasteiger partial charge in [-0.2, -0.15) is 0 Å². The molecule has 0 bridgehead atoms. The number of aliphatic hydroxyl groups is 1. The lowest BCUT2D eigenvalue weighted by Crippen LogP contribution is -2.40. The van der Waals surface area contributed by atoms with Crippen LogP contribution in [0.2, 0.25) is 0 Å². The molecule has 3 N–H and O–H groups in total. The number of ether oxygens (including phenoxy) is 1. The average molecular weight is 445 g/mol. The third kappa shape index (κ3) is 10.9. The van der Waals surface area contributed by atoms with Gasteiger partial charge in [0.1, 0.15) is 6.10 Å². The van der Waals surface area contributed by atoms with Crippen LogP contribution in [-0.2, 0) is 19.1 Å².